The third-order valence-electron chi connectivity index (χ3n) is 2.53. The van der Waals surface area contributed by atoms with Crippen LogP contribution in [0.5, 0.6) is 0 Å². The summed E-state index contributed by atoms with van der Waals surface area (Å²) in [4.78, 5) is 4.47. The van der Waals surface area contributed by atoms with Crippen molar-refractivity contribution in [1.82, 2.24) is 4.98 Å². The second-order valence-corrected chi connectivity index (χ2v) is 5.41. The molecule has 98 valence electrons. The molecular formula is C13H17ClN2OS. The Labute approximate surface area is 116 Å². The number of benzene rings is 1. The molecular weight excluding hydrogens is 268 g/mol. The van der Waals surface area contributed by atoms with Gasteiger partial charge >= 0.3 is 0 Å². The van der Waals surface area contributed by atoms with Crippen molar-refractivity contribution < 1.29 is 4.74 Å². The van der Waals surface area contributed by atoms with Crippen molar-refractivity contribution in [3.05, 3.63) is 23.2 Å². The summed E-state index contributed by atoms with van der Waals surface area (Å²) in [5.74, 6) is 0. The quantitative estimate of drug-likeness (QED) is 0.775. The Morgan fingerprint density at radius 1 is 1.39 bits per heavy atom. The second-order valence-electron chi connectivity index (χ2n) is 4.00. The Kier molecular flexibility index (Phi) is 5.23. The lowest BCUT2D eigenvalue weighted by Crippen LogP contribution is -2.09. The first-order valence-corrected chi connectivity index (χ1v) is 7.37. The van der Waals surface area contributed by atoms with E-state index in [-0.39, 0.29) is 0 Å². The molecule has 18 heavy (non-hydrogen) atoms. The highest BCUT2D eigenvalue weighted by molar-refractivity contribution is 7.22. The summed E-state index contributed by atoms with van der Waals surface area (Å²) < 4.78 is 6.52. The third-order valence-corrected chi connectivity index (χ3v) is 4.02. The summed E-state index contributed by atoms with van der Waals surface area (Å²) >= 11 is 7.69. The Balaban J connectivity index is 1.83. The number of nitrogens with zero attached hydrogens (tertiary/aromatic N) is 1. The number of ether oxygens (including phenoxy) is 1. The molecule has 0 aliphatic rings. The third kappa shape index (κ3) is 3.57. The molecule has 0 amide bonds. The molecule has 2 aromatic rings. The van der Waals surface area contributed by atoms with Crippen molar-refractivity contribution in [3.8, 4) is 0 Å². The highest BCUT2D eigenvalue weighted by Crippen LogP contribution is 2.31. The van der Waals surface area contributed by atoms with Crippen LogP contribution in [-0.2, 0) is 4.74 Å². The SMILES string of the molecule is CCCCOCCNc1nc2cccc(Cl)c2s1. The first-order chi connectivity index (χ1) is 8.81. The van der Waals surface area contributed by atoms with Gasteiger partial charge in [0.2, 0.25) is 0 Å². The summed E-state index contributed by atoms with van der Waals surface area (Å²) in [5, 5.41) is 4.92. The van der Waals surface area contributed by atoms with Crippen LogP contribution < -0.4 is 5.32 Å². The van der Waals surface area contributed by atoms with Gasteiger partial charge in [-0.3, -0.25) is 0 Å². The van der Waals surface area contributed by atoms with E-state index in [9.17, 15) is 0 Å². The first kappa shape index (κ1) is 13.6. The van der Waals surface area contributed by atoms with Crippen LogP contribution in [0.2, 0.25) is 5.02 Å². The molecule has 0 aliphatic carbocycles. The van der Waals surface area contributed by atoms with Gasteiger partial charge in [0.25, 0.3) is 0 Å². The maximum atomic E-state index is 6.11. The largest absolute Gasteiger partial charge is 0.380 e. The van der Waals surface area contributed by atoms with E-state index in [2.05, 4.69) is 17.2 Å². The lowest BCUT2D eigenvalue weighted by Gasteiger charge is -2.03. The maximum Gasteiger partial charge on any atom is 0.183 e. The number of anilines is 1. The van der Waals surface area contributed by atoms with E-state index >= 15 is 0 Å². The van der Waals surface area contributed by atoms with Crippen LogP contribution in [0.4, 0.5) is 5.13 Å². The summed E-state index contributed by atoms with van der Waals surface area (Å²) in [5.41, 5.74) is 0.946. The van der Waals surface area contributed by atoms with Crippen LogP contribution in [0.1, 0.15) is 19.8 Å². The average molecular weight is 285 g/mol. The van der Waals surface area contributed by atoms with E-state index in [1.165, 1.54) is 6.42 Å². The number of rotatable bonds is 7. The molecule has 0 bridgehead atoms. The van der Waals surface area contributed by atoms with E-state index in [4.69, 9.17) is 16.3 Å². The summed E-state index contributed by atoms with van der Waals surface area (Å²) in [6, 6.07) is 5.78. The van der Waals surface area contributed by atoms with Crippen molar-refractivity contribution >= 4 is 38.3 Å². The monoisotopic (exact) mass is 284 g/mol. The van der Waals surface area contributed by atoms with Crippen LogP contribution in [0.15, 0.2) is 18.2 Å². The number of unbranched alkanes of at least 4 members (excludes halogenated alkanes) is 1. The standard InChI is InChI=1S/C13H17ClN2OS/c1-2-3-8-17-9-7-15-13-16-11-6-4-5-10(14)12(11)18-13/h4-6H,2-3,7-9H2,1H3,(H,15,16). The number of nitrogens with one attached hydrogen (secondary N) is 1. The predicted octanol–water partition coefficient (Wildman–Crippen LogP) is 4.18. The molecule has 5 heteroatoms. The molecule has 1 aromatic carbocycles. The number of fused-ring (bicyclic) bond motifs is 1. The van der Waals surface area contributed by atoms with Gasteiger partial charge < -0.3 is 10.1 Å². The van der Waals surface area contributed by atoms with Crippen molar-refractivity contribution in [2.75, 3.05) is 25.1 Å². The van der Waals surface area contributed by atoms with Crippen LogP contribution in [0.25, 0.3) is 10.2 Å². The number of halogens is 1. The van der Waals surface area contributed by atoms with E-state index in [0.29, 0.717) is 6.61 Å². The van der Waals surface area contributed by atoms with Gasteiger partial charge in [-0.2, -0.15) is 0 Å². The zero-order valence-electron chi connectivity index (χ0n) is 10.4. The molecule has 0 saturated carbocycles. The van der Waals surface area contributed by atoms with Gasteiger partial charge in [0, 0.05) is 13.2 Å². The fourth-order valence-corrected chi connectivity index (χ4v) is 2.75. The predicted molar refractivity (Wildman–Crippen MR) is 78.8 cm³/mol. The minimum absolute atomic E-state index is 0.712. The molecule has 0 spiro atoms. The van der Waals surface area contributed by atoms with Gasteiger partial charge in [-0.1, -0.05) is 42.3 Å². The first-order valence-electron chi connectivity index (χ1n) is 6.18. The molecule has 0 atom stereocenters. The summed E-state index contributed by atoms with van der Waals surface area (Å²) in [6.45, 7) is 4.49. The Hall–Kier alpha value is -0.840. The zero-order valence-corrected chi connectivity index (χ0v) is 12.0. The molecule has 0 radical (unpaired) electrons. The van der Waals surface area contributed by atoms with Gasteiger partial charge in [-0.05, 0) is 18.6 Å². The number of thiazole rings is 1. The van der Waals surface area contributed by atoms with Gasteiger partial charge in [0.05, 0.1) is 21.8 Å². The fraction of sp³-hybridized carbons (Fsp3) is 0.462. The molecule has 1 N–H and O–H groups in total. The Bertz CT molecular complexity index is 501. The molecule has 1 heterocycles. The van der Waals surface area contributed by atoms with Gasteiger partial charge in [-0.15, -0.1) is 0 Å². The minimum Gasteiger partial charge on any atom is -0.380 e. The van der Waals surface area contributed by atoms with E-state index in [1.54, 1.807) is 11.3 Å². The zero-order chi connectivity index (χ0) is 12.8. The lowest BCUT2D eigenvalue weighted by atomic mass is 10.3. The summed E-state index contributed by atoms with van der Waals surface area (Å²) in [6.07, 6.45) is 2.29. The molecule has 0 aliphatic heterocycles. The van der Waals surface area contributed by atoms with Crippen molar-refractivity contribution in [2.24, 2.45) is 0 Å². The molecule has 3 nitrogen and oxygen atoms in total. The molecule has 0 fully saturated rings. The van der Waals surface area contributed by atoms with E-state index in [1.807, 2.05) is 18.2 Å². The second kappa shape index (κ2) is 6.92. The van der Waals surface area contributed by atoms with Gasteiger partial charge in [0.1, 0.15) is 0 Å². The molecule has 0 unspecified atom stereocenters. The van der Waals surface area contributed by atoms with Crippen molar-refractivity contribution in [3.63, 3.8) is 0 Å². The van der Waals surface area contributed by atoms with E-state index in [0.717, 1.165) is 39.9 Å². The normalized spacial score (nSPS) is 11.0. The fourth-order valence-electron chi connectivity index (χ4n) is 1.57. The Morgan fingerprint density at radius 3 is 3.06 bits per heavy atom. The van der Waals surface area contributed by atoms with Crippen LogP contribution >= 0.6 is 22.9 Å². The highest BCUT2D eigenvalue weighted by atomic mass is 35.5. The number of aromatic nitrogens is 1. The molecule has 1 aromatic heterocycles. The summed E-state index contributed by atoms with van der Waals surface area (Å²) in [7, 11) is 0. The van der Waals surface area contributed by atoms with Crippen molar-refractivity contribution in [1.29, 1.82) is 0 Å². The smallest absolute Gasteiger partial charge is 0.183 e. The van der Waals surface area contributed by atoms with Gasteiger partial charge in [0.15, 0.2) is 5.13 Å². The highest BCUT2D eigenvalue weighted by Gasteiger charge is 2.05. The van der Waals surface area contributed by atoms with Crippen LogP contribution in [0.3, 0.4) is 0 Å². The topological polar surface area (TPSA) is 34.1 Å². The van der Waals surface area contributed by atoms with E-state index < -0.39 is 0 Å². The van der Waals surface area contributed by atoms with Crippen LogP contribution in [-0.4, -0.2) is 24.7 Å². The number of hydrogen-bond acceptors (Lipinski definition) is 4. The lowest BCUT2D eigenvalue weighted by molar-refractivity contribution is 0.141. The van der Waals surface area contributed by atoms with Gasteiger partial charge in [-0.25, -0.2) is 4.98 Å². The maximum absolute atomic E-state index is 6.11. The minimum atomic E-state index is 0.712. The molecule has 2 rings (SSSR count). The number of hydrogen-bond donors (Lipinski definition) is 1. The molecule has 0 saturated heterocycles. The van der Waals surface area contributed by atoms with Crippen molar-refractivity contribution in [2.45, 2.75) is 19.8 Å². The van der Waals surface area contributed by atoms with Crippen LogP contribution in [0, 0.1) is 0 Å². The average Bonchev–Trinajstić information content (AvgIpc) is 2.78. The Morgan fingerprint density at radius 2 is 2.28 bits per heavy atom.